The number of rotatable bonds is 2. The van der Waals surface area contributed by atoms with Gasteiger partial charge in [0.15, 0.2) is 6.29 Å². The molecule has 0 saturated heterocycles. The van der Waals surface area contributed by atoms with Gasteiger partial charge in [-0.05, 0) is 6.07 Å². The molecule has 0 aliphatic rings. The third-order valence-electron chi connectivity index (χ3n) is 1.71. The molecule has 0 bridgehead atoms. The zero-order valence-corrected chi connectivity index (χ0v) is 8.58. The largest absolute Gasteiger partial charge is 0.345 e. The van der Waals surface area contributed by atoms with Gasteiger partial charge in [0.25, 0.3) is 0 Å². The second-order valence-corrected chi connectivity index (χ2v) is 2.89. The number of pyridine rings is 1. The van der Waals surface area contributed by atoms with Crippen molar-refractivity contribution in [1.82, 2.24) is 10.3 Å². The molecule has 1 aromatic heterocycles. The summed E-state index contributed by atoms with van der Waals surface area (Å²) in [6.07, 6.45) is 1.59. The van der Waals surface area contributed by atoms with E-state index in [1.807, 2.05) is 0 Å². The molecule has 0 radical (unpaired) electrons. The molecule has 1 rings (SSSR count). The number of carbonyl (C=O) groups is 2. The number of hydrogen-bond donors (Lipinski definition) is 1. The fraction of sp³-hybridized carbons (Fsp3) is 0.182. The van der Waals surface area contributed by atoms with E-state index in [2.05, 4.69) is 22.1 Å². The van der Waals surface area contributed by atoms with Gasteiger partial charge < -0.3 is 5.32 Å². The number of nitrogens with one attached hydrogen (secondary N) is 1. The number of hydrogen-bond acceptors (Lipinski definition) is 3. The lowest BCUT2D eigenvalue weighted by Crippen LogP contribution is -2.19. The Kier molecular flexibility index (Phi) is 4.16. The maximum Gasteiger partial charge on any atom is 0.224 e. The second kappa shape index (κ2) is 5.61. The van der Waals surface area contributed by atoms with E-state index in [-0.39, 0.29) is 23.6 Å². The normalized spacial score (nSPS) is 8.88. The maximum atomic E-state index is 13.0. The van der Waals surface area contributed by atoms with Gasteiger partial charge in [-0.1, -0.05) is 11.8 Å². The van der Waals surface area contributed by atoms with Gasteiger partial charge in [-0.25, -0.2) is 4.98 Å². The minimum absolute atomic E-state index is 0.150. The summed E-state index contributed by atoms with van der Waals surface area (Å²) < 4.78 is 13.0. The lowest BCUT2D eigenvalue weighted by molar-refractivity contribution is -0.118. The molecule has 1 amide bonds. The van der Waals surface area contributed by atoms with Gasteiger partial charge in [-0.2, -0.15) is 4.39 Å². The van der Waals surface area contributed by atoms with Crippen molar-refractivity contribution in [2.75, 3.05) is 6.54 Å². The van der Waals surface area contributed by atoms with Crippen LogP contribution in [0.1, 0.15) is 22.8 Å². The van der Waals surface area contributed by atoms with Crippen LogP contribution in [0.3, 0.4) is 0 Å². The summed E-state index contributed by atoms with van der Waals surface area (Å²) in [5.41, 5.74) is 0.0886. The minimum atomic E-state index is -0.846. The quantitative estimate of drug-likeness (QED) is 0.449. The highest BCUT2D eigenvalue weighted by Crippen LogP contribution is 2.06. The highest BCUT2D eigenvalue weighted by Gasteiger charge is 2.05. The van der Waals surface area contributed by atoms with Crippen LogP contribution in [-0.4, -0.2) is 23.7 Å². The first-order valence-electron chi connectivity index (χ1n) is 4.48. The van der Waals surface area contributed by atoms with Crippen LogP contribution in [0.25, 0.3) is 0 Å². The molecule has 0 aliphatic heterocycles. The van der Waals surface area contributed by atoms with Crippen molar-refractivity contribution in [3.05, 3.63) is 29.3 Å². The molecule has 0 unspecified atom stereocenters. The molecule has 1 aromatic rings. The molecular formula is C11H9FN2O2. The Morgan fingerprint density at radius 3 is 3.06 bits per heavy atom. The smallest absolute Gasteiger partial charge is 0.224 e. The van der Waals surface area contributed by atoms with Gasteiger partial charge >= 0.3 is 0 Å². The Morgan fingerprint density at radius 1 is 1.69 bits per heavy atom. The molecule has 16 heavy (non-hydrogen) atoms. The molecule has 82 valence electrons. The van der Waals surface area contributed by atoms with Crippen LogP contribution in [0.15, 0.2) is 12.3 Å². The number of aldehydes is 1. The van der Waals surface area contributed by atoms with Crippen LogP contribution in [0.4, 0.5) is 4.39 Å². The first-order chi connectivity index (χ1) is 7.65. The highest BCUT2D eigenvalue weighted by atomic mass is 19.1. The fourth-order valence-electron chi connectivity index (χ4n) is 0.977. The van der Waals surface area contributed by atoms with E-state index in [0.29, 0.717) is 6.29 Å². The Morgan fingerprint density at radius 2 is 2.44 bits per heavy atom. The highest BCUT2D eigenvalue weighted by molar-refractivity contribution is 5.79. The van der Waals surface area contributed by atoms with E-state index in [1.165, 1.54) is 19.2 Å². The molecule has 1 heterocycles. The third kappa shape index (κ3) is 3.17. The van der Waals surface area contributed by atoms with E-state index < -0.39 is 5.95 Å². The van der Waals surface area contributed by atoms with Gasteiger partial charge in [-0.3, -0.25) is 9.59 Å². The summed E-state index contributed by atoms with van der Waals surface area (Å²) in [7, 11) is 0. The summed E-state index contributed by atoms with van der Waals surface area (Å²) in [5.74, 6) is 4.14. The number of carbonyl (C=O) groups excluding carboxylic acids is 2. The monoisotopic (exact) mass is 220 g/mol. The van der Waals surface area contributed by atoms with Gasteiger partial charge in [0.05, 0.1) is 12.1 Å². The van der Waals surface area contributed by atoms with Gasteiger partial charge in [-0.15, -0.1) is 0 Å². The van der Waals surface area contributed by atoms with Crippen LogP contribution in [-0.2, 0) is 4.79 Å². The molecule has 4 nitrogen and oxygen atoms in total. The van der Waals surface area contributed by atoms with Crippen LogP contribution in [0.5, 0.6) is 0 Å². The molecule has 1 N–H and O–H groups in total. The Bertz CT molecular complexity index is 475. The minimum Gasteiger partial charge on any atom is -0.345 e. The van der Waals surface area contributed by atoms with Crippen molar-refractivity contribution in [3.8, 4) is 11.8 Å². The number of nitrogens with zero attached hydrogens (tertiary/aromatic N) is 1. The van der Waals surface area contributed by atoms with Crippen molar-refractivity contribution in [1.29, 1.82) is 0 Å². The number of halogens is 1. The summed E-state index contributed by atoms with van der Waals surface area (Å²) >= 11 is 0. The zero-order valence-electron chi connectivity index (χ0n) is 8.58. The third-order valence-corrected chi connectivity index (χ3v) is 1.71. The summed E-state index contributed by atoms with van der Waals surface area (Å²) in [5, 5.41) is 2.46. The zero-order chi connectivity index (χ0) is 12.0. The summed E-state index contributed by atoms with van der Waals surface area (Å²) in [4.78, 5) is 24.4. The first-order valence-corrected chi connectivity index (χ1v) is 4.48. The molecule has 0 fully saturated rings. The lowest BCUT2D eigenvalue weighted by Gasteiger charge is -1.96. The van der Waals surface area contributed by atoms with E-state index in [1.54, 1.807) is 0 Å². The van der Waals surface area contributed by atoms with E-state index in [0.717, 1.165) is 0 Å². The second-order valence-electron chi connectivity index (χ2n) is 2.89. The first kappa shape index (κ1) is 11.9. The van der Waals surface area contributed by atoms with Crippen molar-refractivity contribution in [2.24, 2.45) is 0 Å². The number of aromatic nitrogens is 1. The van der Waals surface area contributed by atoms with Crippen LogP contribution >= 0.6 is 0 Å². The lowest BCUT2D eigenvalue weighted by atomic mass is 10.1. The average molecular weight is 220 g/mol. The van der Waals surface area contributed by atoms with Crippen molar-refractivity contribution >= 4 is 12.2 Å². The van der Waals surface area contributed by atoms with Crippen LogP contribution < -0.4 is 5.32 Å². The Labute approximate surface area is 91.9 Å². The average Bonchev–Trinajstić information content (AvgIpc) is 2.24. The van der Waals surface area contributed by atoms with E-state index in [4.69, 9.17) is 0 Å². The maximum absolute atomic E-state index is 13.0. The molecule has 0 aliphatic carbocycles. The molecule has 0 spiro atoms. The van der Waals surface area contributed by atoms with Gasteiger partial charge in [0.1, 0.15) is 0 Å². The summed E-state index contributed by atoms with van der Waals surface area (Å²) in [6, 6.07) is 1.44. The van der Waals surface area contributed by atoms with E-state index >= 15 is 0 Å². The van der Waals surface area contributed by atoms with Crippen molar-refractivity contribution in [3.63, 3.8) is 0 Å². The molecule has 5 heteroatoms. The van der Waals surface area contributed by atoms with Gasteiger partial charge in [0.2, 0.25) is 11.9 Å². The molecule has 0 saturated carbocycles. The standard InChI is InChI=1S/C11H9FN2O2/c1-8(16)13-5-2-3-9-4-6-14-11(12)10(9)7-15/h4,6-7H,5H2,1H3,(H,13,16). The topological polar surface area (TPSA) is 59.1 Å². The van der Waals surface area contributed by atoms with Gasteiger partial charge in [0, 0.05) is 18.7 Å². The van der Waals surface area contributed by atoms with Crippen molar-refractivity contribution < 1.29 is 14.0 Å². The SMILES string of the molecule is CC(=O)NCC#Cc1ccnc(F)c1C=O. The predicted molar refractivity (Wildman–Crippen MR) is 55.1 cm³/mol. The van der Waals surface area contributed by atoms with Crippen LogP contribution in [0.2, 0.25) is 0 Å². The molecule has 0 atom stereocenters. The fourth-order valence-corrected chi connectivity index (χ4v) is 0.977. The van der Waals surface area contributed by atoms with E-state index in [9.17, 15) is 14.0 Å². The summed E-state index contributed by atoms with van der Waals surface area (Å²) in [6.45, 7) is 1.52. The Hall–Kier alpha value is -2.22. The van der Waals surface area contributed by atoms with Crippen molar-refractivity contribution in [2.45, 2.75) is 6.92 Å². The van der Waals surface area contributed by atoms with Crippen LogP contribution in [0, 0.1) is 17.8 Å². The Balaban J connectivity index is 2.84. The molecule has 0 aromatic carbocycles. The predicted octanol–water partition coefficient (Wildman–Crippen LogP) is 0.521. The molecular weight excluding hydrogens is 211 g/mol. The number of amides is 1.